The number of carbonyl (C=O) groups is 1. The molecule has 0 N–H and O–H groups in total. The van der Waals surface area contributed by atoms with Crippen LogP contribution >= 0.6 is 0 Å². The van der Waals surface area contributed by atoms with E-state index in [0.29, 0.717) is 12.6 Å². The Hall–Kier alpha value is -0.990. The zero-order valence-corrected chi connectivity index (χ0v) is 10.5. The maximum Gasteiger partial charge on any atom is 0.414 e. The van der Waals surface area contributed by atoms with Crippen molar-refractivity contribution >= 4 is 6.09 Å². The number of hydrogen-bond acceptors (Lipinski definition) is 2. The second-order valence-electron chi connectivity index (χ2n) is 5.44. The van der Waals surface area contributed by atoms with Crippen molar-refractivity contribution in [3.63, 3.8) is 0 Å². The fourth-order valence-corrected chi connectivity index (χ4v) is 2.42. The molecule has 2 aliphatic heterocycles. The fourth-order valence-electron chi connectivity index (χ4n) is 2.42. The fraction of sp³-hybridized carbons (Fsp3) is 0.769. The number of amides is 1. The molecule has 0 unspecified atom stereocenters. The van der Waals surface area contributed by atoms with Gasteiger partial charge in [0.2, 0.25) is 0 Å². The van der Waals surface area contributed by atoms with Crippen molar-refractivity contribution in [2.24, 2.45) is 5.41 Å². The van der Waals surface area contributed by atoms with Crippen LogP contribution in [0.4, 0.5) is 4.79 Å². The van der Waals surface area contributed by atoms with Gasteiger partial charge in [-0.25, -0.2) is 4.79 Å². The monoisotopic (exact) mass is 223 g/mol. The summed E-state index contributed by atoms with van der Waals surface area (Å²) in [5.41, 5.74) is 1.26. The minimum atomic E-state index is -0.161. The molecule has 0 aromatic heterocycles. The second-order valence-corrected chi connectivity index (χ2v) is 5.44. The number of rotatable bonds is 4. The summed E-state index contributed by atoms with van der Waals surface area (Å²) in [6.45, 7) is 7.06. The van der Waals surface area contributed by atoms with Crippen LogP contribution in [0.15, 0.2) is 11.8 Å². The summed E-state index contributed by atoms with van der Waals surface area (Å²) in [7, 11) is 0. The van der Waals surface area contributed by atoms with Crippen LogP contribution in [0.5, 0.6) is 0 Å². The highest BCUT2D eigenvalue weighted by Crippen LogP contribution is 2.49. The van der Waals surface area contributed by atoms with Crippen LogP contribution in [0.3, 0.4) is 0 Å². The highest BCUT2D eigenvalue weighted by Gasteiger charge is 2.58. The molecule has 0 spiro atoms. The Morgan fingerprint density at radius 3 is 2.88 bits per heavy atom. The van der Waals surface area contributed by atoms with E-state index in [2.05, 4.69) is 26.8 Å². The first-order chi connectivity index (χ1) is 7.58. The first kappa shape index (κ1) is 11.5. The van der Waals surface area contributed by atoms with Crippen molar-refractivity contribution < 1.29 is 9.53 Å². The number of cyclic esters (lactones) is 1. The number of carbonyl (C=O) groups excluding carboxylic acids is 1. The maximum absolute atomic E-state index is 11.5. The van der Waals surface area contributed by atoms with Crippen molar-refractivity contribution in [3.8, 4) is 0 Å². The predicted molar refractivity (Wildman–Crippen MR) is 63.0 cm³/mol. The molecule has 1 atom stereocenters. The zero-order valence-electron chi connectivity index (χ0n) is 10.5. The highest BCUT2D eigenvalue weighted by molar-refractivity contribution is 5.78. The van der Waals surface area contributed by atoms with Crippen LogP contribution in [0.2, 0.25) is 0 Å². The van der Waals surface area contributed by atoms with E-state index in [9.17, 15) is 4.79 Å². The second kappa shape index (κ2) is 4.11. The summed E-state index contributed by atoms with van der Waals surface area (Å²) in [5.74, 6) is 0. The number of fused-ring (bicyclic) bond motifs is 1. The normalized spacial score (nSPS) is 28.9. The number of nitrogens with zero attached hydrogens (tertiary/aromatic N) is 1. The van der Waals surface area contributed by atoms with Gasteiger partial charge in [-0.3, -0.25) is 4.90 Å². The summed E-state index contributed by atoms with van der Waals surface area (Å²) in [4.78, 5) is 13.3. The van der Waals surface area contributed by atoms with Crippen molar-refractivity contribution in [3.05, 3.63) is 11.8 Å². The van der Waals surface area contributed by atoms with Crippen LogP contribution < -0.4 is 0 Å². The molecule has 3 nitrogen and oxygen atoms in total. The van der Waals surface area contributed by atoms with Crippen LogP contribution in [0.1, 0.15) is 46.5 Å². The molecule has 0 aliphatic carbocycles. The SMILES string of the molecule is CCCCC/C=C1\[C@@H]2N1C(=O)OCC2(C)C. The minimum Gasteiger partial charge on any atom is -0.448 e. The van der Waals surface area contributed by atoms with E-state index in [4.69, 9.17) is 4.74 Å². The van der Waals surface area contributed by atoms with Gasteiger partial charge in [-0.2, -0.15) is 0 Å². The lowest BCUT2D eigenvalue weighted by atomic mass is 9.88. The average Bonchev–Trinajstić information content (AvgIpc) is 2.96. The van der Waals surface area contributed by atoms with E-state index in [1.807, 2.05) is 0 Å². The third kappa shape index (κ3) is 1.95. The largest absolute Gasteiger partial charge is 0.448 e. The van der Waals surface area contributed by atoms with Gasteiger partial charge in [0.05, 0.1) is 6.04 Å². The predicted octanol–water partition coefficient (Wildman–Crippen LogP) is 3.31. The summed E-state index contributed by atoms with van der Waals surface area (Å²) in [6.07, 6.45) is 6.86. The van der Waals surface area contributed by atoms with Crippen molar-refractivity contribution in [2.45, 2.75) is 52.5 Å². The standard InChI is InChI=1S/C13H21NO2/c1-4-5-6-7-8-10-11-13(2,3)9-16-12(15)14(10)11/h8,11H,4-7,9H2,1-3H3/b10-8+/t11-,14?/m0/s1. The van der Waals surface area contributed by atoms with Crippen LogP contribution in [0, 0.1) is 5.41 Å². The van der Waals surface area contributed by atoms with E-state index < -0.39 is 0 Å². The molecule has 0 radical (unpaired) electrons. The average molecular weight is 223 g/mol. The molecule has 0 aromatic carbocycles. The van der Waals surface area contributed by atoms with Gasteiger partial charge in [0.1, 0.15) is 6.61 Å². The molecule has 0 saturated carbocycles. The molecule has 0 aromatic rings. The Kier molecular flexibility index (Phi) is 2.96. The van der Waals surface area contributed by atoms with E-state index in [1.54, 1.807) is 4.90 Å². The Bertz CT molecular complexity index is 320. The Morgan fingerprint density at radius 2 is 2.25 bits per heavy atom. The molecule has 16 heavy (non-hydrogen) atoms. The number of allylic oxidation sites excluding steroid dienone is 1. The van der Waals surface area contributed by atoms with Gasteiger partial charge < -0.3 is 4.74 Å². The van der Waals surface area contributed by atoms with Crippen molar-refractivity contribution in [1.29, 1.82) is 0 Å². The summed E-state index contributed by atoms with van der Waals surface area (Å²) in [6, 6.07) is 0.301. The maximum atomic E-state index is 11.5. The highest BCUT2D eigenvalue weighted by atomic mass is 16.6. The van der Waals surface area contributed by atoms with Gasteiger partial charge in [-0.15, -0.1) is 0 Å². The first-order valence-electron chi connectivity index (χ1n) is 6.24. The third-order valence-electron chi connectivity index (χ3n) is 3.41. The van der Waals surface area contributed by atoms with Crippen molar-refractivity contribution in [2.75, 3.05) is 6.61 Å². The topological polar surface area (TPSA) is 29.3 Å². The molecule has 3 heteroatoms. The Labute approximate surface area is 97.5 Å². The van der Waals surface area contributed by atoms with E-state index in [-0.39, 0.29) is 11.5 Å². The third-order valence-corrected chi connectivity index (χ3v) is 3.41. The summed E-state index contributed by atoms with van der Waals surface area (Å²) >= 11 is 0. The molecule has 2 saturated heterocycles. The van der Waals surface area contributed by atoms with Gasteiger partial charge in [-0.05, 0) is 12.8 Å². The lowest BCUT2D eigenvalue weighted by molar-refractivity contribution is 0.0498. The molecular weight excluding hydrogens is 202 g/mol. The van der Waals surface area contributed by atoms with Crippen molar-refractivity contribution in [1.82, 2.24) is 4.90 Å². The minimum absolute atomic E-state index is 0.0739. The smallest absolute Gasteiger partial charge is 0.414 e. The molecule has 0 bridgehead atoms. The molecule has 2 aliphatic rings. The van der Waals surface area contributed by atoms with Gasteiger partial charge >= 0.3 is 6.09 Å². The Balaban J connectivity index is 1.95. The van der Waals surface area contributed by atoms with Gasteiger partial charge in [0, 0.05) is 11.1 Å². The molecule has 2 heterocycles. The van der Waals surface area contributed by atoms with E-state index in [1.165, 1.54) is 25.0 Å². The molecule has 2 rings (SSSR count). The zero-order chi connectivity index (χ0) is 11.8. The molecule has 90 valence electrons. The van der Waals surface area contributed by atoms with Gasteiger partial charge in [0.25, 0.3) is 0 Å². The quantitative estimate of drug-likeness (QED) is 0.540. The summed E-state index contributed by atoms with van der Waals surface area (Å²) < 4.78 is 5.15. The number of unbranched alkanes of at least 4 members (excludes halogenated alkanes) is 3. The van der Waals surface area contributed by atoms with Gasteiger partial charge in [0.15, 0.2) is 0 Å². The molecule has 1 amide bonds. The first-order valence-corrected chi connectivity index (χ1v) is 6.24. The Morgan fingerprint density at radius 1 is 1.50 bits per heavy atom. The van der Waals surface area contributed by atoms with E-state index in [0.717, 1.165) is 6.42 Å². The number of ether oxygens (including phenoxy) is 1. The van der Waals surface area contributed by atoms with Gasteiger partial charge in [-0.1, -0.05) is 39.7 Å². The van der Waals surface area contributed by atoms with Crippen LogP contribution in [-0.4, -0.2) is 23.6 Å². The summed E-state index contributed by atoms with van der Waals surface area (Å²) in [5, 5.41) is 0. The van der Waals surface area contributed by atoms with Crippen LogP contribution in [-0.2, 0) is 4.74 Å². The molecular formula is C13H21NO2. The van der Waals surface area contributed by atoms with E-state index >= 15 is 0 Å². The van der Waals surface area contributed by atoms with Crippen LogP contribution in [0.25, 0.3) is 0 Å². The lowest BCUT2D eigenvalue weighted by Gasteiger charge is -2.27. The number of hydrogen-bond donors (Lipinski definition) is 0. The molecule has 2 fully saturated rings. The lowest BCUT2D eigenvalue weighted by Crippen LogP contribution is -2.37.